The largest absolute Gasteiger partial charge is 0.489 e. The van der Waals surface area contributed by atoms with E-state index in [4.69, 9.17) is 4.74 Å². The van der Waals surface area contributed by atoms with E-state index < -0.39 is 5.91 Å². The summed E-state index contributed by atoms with van der Waals surface area (Å²) >= 11 is 0. The molecule has 4 nitrogen and oxygen atoms in total. The zero-order chi connectivity index (χ0) is 22.4. The van der Waals surface area contributed by atoms with E-state index in [-0.39, 0.29) is 5.57 Å². The SMILES string of the molecule is Cc1ccc(COc2cccc(C=C(C#N)C(=O)Nc3c(C)cc(C)cc3C)c2)cc1. The topological polar surface area (TPSA) is 62.1 Å². The Morgan fingerprint density at radius 2 is 1.65 bits per heavy atom. The van der Waals surface area contributed by atoms with E-state index in [1.807, 2.05) is 94.4 Å². The van der Waals surface area contributed by atoms with Crippen molar-refractivity contribution in [1.29, 1.82) is 5.26 Å². The molecule has 0 saturated heterocycles. The van der Waals surface area contributed by atoms with Gasteiger partial charge >= 0.3 is 0 Å². The number of benzene rings is 3. The first-order chi connectivity index (χ1) is 14.9. The molecule has 0 aliphatic rings. The molecule has 0 saturated carbocycles. The molecule has 0 aromatic heterocycles. The van der Waals surface area contributed by atoms with E-state index >= 15 is 0 Å². The third-order valence-corrected chi connectivity index (χ3v) is 4.98. The zero-order valence-corrected chi connectivity index (χ0v) is 18.3. The molecule has 0 aliphatic carbocycles. The molecule has 0 fully saturated rings. The molecule has 0 heterocycles. The number of amides is 1. The summed E-state index contributed by atoms with van der Waals surface area (Å²) in [6.45, 7) is 8.40. The predicted octanol–water partition coefficient (Wildman–Crippen LogP) is 6.04. The van der Waals surface area contributed by atoms with Gasteiger partial charge in [0.05, 0.1) is 0 Å². The van der Waals surface area contributed by atoms with Gasteiger partial charge in [-0.25, -0.2) is 0 Å². The van der Waals surface area contributed by atoms with Gasteiger partial charge in [0.15, 0.2) is 0 Å². The van der Waals surface area contributed by atoms with E-state index in [2.05, 4.69) is 5.32 Å². The minimum Gasteiger partial charge on any atom is -0.489 e. The fourth-order valence-electron chi connectivity index (χ4n) is 3.42. The molecule has 0 unspecified atom stereocenters. The molecule has 3 aromatic carbocycles. The molecular weight excluding hydrogens is 384 g/mol. The quantitative estimate of drug-likeness (QED) is 0.398. The van der Waals surface area contributed by atoms with Crippen molar-refractivity contribution in [3.63, 3.8) is 0 Å². The highest BCUT2D eigenvalue weighted by molar-refractivity contribution is 6.10. The van der Waals surface area contributed by atoms with Gasteiger partial charge < -0.3 is 10.1 Å². The number of hydrogen-bond acceptors (Lipinski definition) is 3. The normalized spacial score (nSPS) is 11.0. The summed E-state index contributed by atoms with van der Waals surface area (Å²) in [7, 11) is 0. The van der Waals surface area contributed by atoms with Crippen molar-refractivity contribution in [1.82, 2.24) is 0 Å². The number of anilines is 1. The number of carbonyl (C=O) groups is 1. The maximum atomic E-state index is 12.7. The van der Waals surface area contributed by atoms with Crippen LogP contribution in [0.15, 0.2) is 66.2 Å². The van der Waals surface area contributed by atoms with Gasteiger partial charge in [-0.2, -0.15) is 5.26 Å². The van der Waals surface area contributed by atoms with Gasteiger partial charge in [0.1, 0.15) is 24.0 Å². The second-order valence-electron chi connectivity index (χ2n) is 7.74. The van der Waals surface area contributed by atoms with Crippen molar-refractivity contribution >= 4 is 17.7 Å². The summed E-state index contributed by atoms with van der Waals surface area (Å²) in [5.41, 5.74) is 6.85. The lowest BCUT2D eigenvalue weighted by atomic mass is 10.0. The van der Waals surface area contributed by atoms with Crippen LogP contribution >= 0.6 is 0 Å². The zero-order valence-electron chi connectivity index (χ0n) is 18.3. The molecule has 1 amide bonds. The van der Waals surface area contributed by atoms with Gasteiger partial charge in [-0.1, -0.05) is 59.7 Å². The predicted molar refractivity (Wildman–Crippen MR) is 125 cm³/mol. The van der Waals surface area contributed by atoms with Gasteiger partial charge in [0.2, 0.25) is 0 Å². The Kier molecular flexibility index (Phi) is 6.89. The Morgan fingerprint density at radius 1 is 0.968 bits per heavy atom. The van der Waals surface area contributed by atoms with Crippen LogP contribution in [0.1, 0.15) is 33.4 Å². The Hall–Kier alpha value is -3.84. The number of hydrogen-bond donors (Lipinski definition) is 1. The summed E-state index contributed by atoms with van der Waals surface area (Å²) in [5, 5.41) is 12.4. The summed E-state index contributed by atoms with van der Waals surface area (Å²) < 4.78 is 5.87. The number of ether oxygens (including phenoxy) is 1. The Balaban J connectivity index is 1.74. The lowest BCUT2D eigenvalue weighted by Gasteiger charge is -2.12. The average Bonchev–Trinajstić information content (AvgIpc) is 2.74. The minimum absolute atomic E-state index is 0.0371. The molecule has 31 heavy (non-hydrogen) atoms. The number of aryl methyl sites for hydroxylation is 4. The maximum Gasteiger partial charge on any atom is 0.266 e. The molecule has 4 heteroatoms. The lowest BCUT2D eigenvalue weighted by molar-refractivity contribution is -0.112. The van der Waals surface area contributed by atoms with E-state index in [1.165, 1.54) is 5.56 Å². The van der Waals surface area contributed by atoms with E-state index in [1.54, 1.807) is 6.08 Å². The molecule has 1 N–H and O–H groups in total. The Bertz CT molecular complexity index is 1150. The fraction of sp³-hybridized carbons (Fsp3) is 0.185. The second kappa shape index (κ2) is 9.77. The van der Waals surface area contributed by atoms with Crippen molar-refractivity contribution in [3.8, 4) is 11.8 Å². The van der Waals surface area contributed by atoms with E-state index in [0.29, 0.717) is 12.4 Å². The fourth-order valence-corrected chi connectivity index (χ4v) is 3.42. The molecule has 3 rings (SSSR count). The highest BCUT2D eigenvalue weighted by atomic mass is 16.5. The van der Waals surface area contributed by atoms with Crippen molar-refractivity contribution in [2.45, 2.75) is 34.3 Å². The summed E-state index contributed by atoms with van der Waals surface area (Å²) in [5.74, 6) is 0.251. The third kappa shape index (κ3) is 5.83. The van der Waals surface area contributed by atoms with Gasteiger partial charge in [-0.3, -0.25) is 4.79 Å². The van der Waals surface area contributed by atoms with Gasteiger partial charge in [0, 0.05) is 5.69 Å². The van der Waals surface area contributed by atoms with Gasteiger partial charge in [-0.05, 0) is 68.2 Å². The number of rotatable bonds is 6. The Labute approximate surface area is 183 Å². The molecule has 0 aliphatic heterocycles. The van der Waals surface area contributed by atoms with Crippen molar-refractivity contribution < 1.29 is 9.53 Å². The average molecular weight is 411 g/mol. The smallest absolute Gasteiger partial charge is 0.266 e. The summed E-state index contributed by atoms with van der Waals surface area (Å²) in [4.78, 5) is 12.7. The number of nitrogens with one attached hydrogen (secondary N) is 1. The second-order valence-corrected chi connectivity index (χ2v) is 7.74. The van der Waals surface area contributed by atoms with Crippen LogP contribution in [0.4, 0.5) is 5.69 Å². The molecule has 3 aromatic rings. The van der Waals surface area contributed by atoms with E-state index in [9.17, 15) is 10.1 Å². The number of carbonyl (C=O) groups excluding carboxylic acids is 1. The van der Waals surface area contributed by atoms with Gasteiger partial charge in [0.25, 0.3) is 5.91 Å². The first-order valence-electron chi connectivity index (χ1n) is 10.1. The van der Waals surface area contributed by atoms with Crippen LogP contribution < -0.4 is 10.1 Å². The van der Waals surface area contributed by atoms with Crippen LogP contribution in [-0.2, 0) is 11.4 Å². The molecule has 0 spiro atoms. The summed E-state index contributed by atoms with van der Waals surface area (Å²) in [6, 6.07) is 21.6. The molecule has 156 valence electrons. The molecule has 0 atom stereocenters. The van der Waals surface area contributed by atoms with Crippen LogP contribution in [-0.4, -0.2) is 5.91 Å². The summed E-state index contributed by atoms with van der Waals surface area (Å²) in [6.07, 6.45) is 1.58. The molecular formula is C27H26N2O2. The number of nitrogens with zero attached hydrogens (tertiary/aromatic N) is 1. The first kappa shape index (κ1) is 21.9. The maximum absolute atomic E-state index is 12.7. The Morgan fingerprint density at radius 3 is 2.29 bits per heavy atom. The lowest BCUT2D eigenvalue weighted by Crippen LogP contribution is -2.15. The van der Waals surface area contributed by atoms with Gasteiger partial charge in [-0.15, -0.1) is 0 Å². The minimum atomic E-state index is -0.427. The monoisotopic (exact) mass is 410 g/mol. The number of nitriles is 1. The highest BCUT2D eigenvalue weighted by Crippen LogP contribution is 2.23. The third-order valence-electron chi connectivity index (χ3n) is 4.98. The highest BCUT2D eigenvalue weighted by Gasteiger charge is 2.13. The standard InChI is InChI=1S/C27H26N2O2/c1-18-8-10-22(11-9-18)17-31-25-7-5-6-23(15-25)14-24(16-28)27(30)29-26-20(3)12-19(2)13-21(26)4/h5-15H,17H2,1-4H3,(H,29,30). The van der Waals surface area contributed by atoms with Crippen LogP contribution in [0.5, 0.6) is 5.75 Å². The van der Waals surface area contributed by atoms with Crippen LogP contribution in [0, 0.1) is 39.0 Å². The van der Waals surface area contributed by atoms with Crippen molar-refractivity contribution in [3.05, 3.63) is 99.6 Å². The first-order valence-corrected chi connectivity index (χ1v) is 10.1. The molecule has 0 radical (unpaired) electrons. The molecule has 0 bridgehead atoms. The van der Waals surface area contributed by atoms with Crippen LogP contribution in [0.2, 0.25) is 0 Å². The van der Waals surface area contributed by atoms with Crippen LogP contribution in [0.3, 0.4) is 0 Å². The van der Waals surface area contributed by atoms with E-state index in [0.717, 1.165) is 33.5 Å². The van der Waals surface area contributed by atoms with Crippen molar-refractivity contribution in [2.75, 3.05) is 5.32 Å². The van der Waals surface area contributed by atoms with Crippen molar-refractivity contribution in [2.24, 2.45) is 0 Å². The van der Waals surface area contributed by atoms with Crippen LogP contribution in [0.25, 0.3) is 6.08 Å².